The van der Waals surface area contributed by atoms with Gasteiger partial charge in [0.15, 0.2) is 0 Å². The van der Waals surface area contributed by atoms with Gasteiger partial charge in [0.25, 0.3) is 0 Å². The third kappa shape index (κ3) is 5.31. The normalized spacial score (nSPS) is 19.9. The molecule has 0 amide bonds. The van der Waals surface area contributed by atoms with Crippen molar-refractivity contribution in [2.75, 3.05) is 12.9 Å². The molecule has 3 nitrogen and oxygen atoms in total. The van der Waals surface area contributed by atoms with E-state index >= 15 is 0 Å². The number of carbonyl (C=O) groups is 1. The maximum atomic E-state index is 10.7. The minimum Gasteiger partial charge on any atom is -0.497 e. The van der Waals surface area contributed by atoms with Gasteiger partial charge in [-0.2, -0.15) is 11.8 Å². The van der Waals surface area contributed by atoms with Gasteiger partial charge in [-0.15, -0.1) is 0 Å². The van der Waals surface area contributed by atoms with Gasteiger partial charge in [-0.1, -0.05) is 19.9 Å². The summed E-state index contributed by atoms with van der Waals surface area (Å²) in [6, 6.07) is 0. The van der Waals surface area contributed by atoms with Crippen LogP contribution in [0, 0.1) is 5.92 Å². The average molecular weight is 256 g/mol. The summed E-state index contributed by atoms with van der Waals surface area (Å²) in [6.07, 6.45) is 7.38. The third-order valence-corrected chi connectivity index (χ3v) is 4.18. The van der Waals surface area contributed by atoms with E-state index in [1.807, 2.05) is 19.9 Å². The number of aliphatic carboxylic acids is 1. The second-order valence-corrected chi connectivity index (χ2v) is 6.53. The molecule has 0 aromatic rings. The molecule has 0 saturated carbocycles. The minimum atomic E-state index is -0.733. The van der Waals surface area contributed by atoms with E-state index < -0.39 is 5.97 Å². The number of allylic oxidation sites excluding steroid dienone is 3. The summed E-state index contributed by atoms with van der Waals surface area (Å²) < 4.78 is 4.92. The summed E-state index contributed by atoms with van der Waals surface area (Å²) in [4.78, 5) is 10.7. The molecule has 1 rings (SSSR count). The SMILES string of the molecule is COC1=CCC(CSC(C)(C)CC(=O)O)C=C1. The van der Waals surface area contributed by atoms with Gasteiger partial charge in [-0.05, 0) is 24.5 Å². The van der Waals surface area contributed by atoms with Crippen molar-refractivity contribution in [2.45, 2.75) is 31.4 Å². The second-order valence-electron chi connectivity index (χ2n) is 4.81. The summed E-state index contributed by atoms with van der Waals surface area (Å²) in [5.41, 5.74) is 0. The number of hydrogen-bond acceptors (Lipinski definition) is 3. The summed E-state index contributed by atoms with van der Waals surface area (Å²) in [6.45, 7) is 3.96. The lowest BCUT2D eigenvalue weighted by Crippen LogP contribution is -2.21. The summed E-state index contributed by atoms with van der Waals surface area (Å²) in [5, 5.41) is 8.80. The molecule has 96 valence electrons. The highest BCUT2D eigenvalue weighted by molar-refractivity contribution is 8.00. The predicted molar refractivity (Wildman–Crippen MR) is 71.1 cm³/mol. The van der Waals surface area contributed by atoms with Crippen LogP contribution in [-0.4, -0.2) is 28.7 Å². The number of carboxylic acids is 1. The van der Waals surface area contributed by atoms with Crippen molar-refractivity contribution in [3.8, 4) is 0 Å². The van der Waals surface area contributed by atoms with Gasteiger partial charge in [0.05, 0.1) is 13.5 Å². The minimum absolute atomic E-state index is 0.202. The lowest BCUT2D eigenvalue weighted by Gasteiger charge is -2.24. The van der Waals surface area contributed by atoms with Crippen LogP contribution < -0.4 is 0 Å². The number of hydrogen-bond donors (Lipinski definition) is 1. The molecule has 0 spiro atoms. The standard InChI is InChI=1S/C13H20O3S/c1-13(2,8-12(14)15)17-9-10-4-6-11(16-3)7-5-10/h4,6-7,10H,5,8-9H2,1-3H3,(H,14,15). The maximum absolute atomic E-state index is 10.7. The van der Waals surface area contributed by atoms with Gasteiger partial charge in [-0.3, -0.25) is 4.79 Å². The van der Waals surface area contributed by atoms with Gasteiger partial charge in [-0.25, -0.2) is 0 Å². The van der Waals surface area contributed by atoms with Gasteiger partial charge in [0.1, 0.15) is 5.76 Å². The molecule has 1 aliphatic rings. The molecule has 0 radical (unpaired) electrons. The van der Waals surface area contributed by atoms with Crippen molar-refractivity contribution in [3.63, 3.8) is 0 Å². The number of ether oxygens (including phenoxy) is 1. The molecule has 0 saturated heterocycles. The topological polar surface area (TPSA) is 46.5 Å². The zero-order valence-corrected chi connectivity index (χ0v) is 11.4. The Balaban J connectivity index is 2.35. The lowest BCUT2D eigenvalue weighted by atomic mass is 10.0. The number of carboxylic acid groups (broad SMARTS) is 1. The Bertz CT molecular complexity index is 332. The van der Waals surface area contributed by atoms with Crippen LogP contribution in [0.2, 0.25) is 0 Å². The van der Waals surface area contributed by atoms with Crippen molar-refractivity contribution in [2.24, 2.45) is 5.92 Å². The smallest absolute Gasteiger partial charge is 0.304 e. The van der Waals surface area contributed by atoms with Crippen LogP contribution in [0.5, 0.6) is 0 Å². The zero-order valence-electron chi connectivity index (χ0n) is 10.6. The Kier molecular flexibility index (Phi) is 5.12. The highest BCUT2D eigenvalue weighted by Gasteiger charge is 2.23. The molecular weight excluding hydrogens is 236 g/mol. The molecule has 0 fully saturated rings. The number of thioether (sulfide) groups is 1. The van der Waals surface area contributed by atoms with E-state index in [-0.39, 0.29) is 11.2 Å². The van der Waals surface area contributed by atoms with Gasteiger partial charge in [0, 0.05) is 10.5 Å². The second kappa shape index (κ2) is 6.15. The molecule has 0 heterocycles. The molecule has 17 heavy (non-hydrogen) atoms. The van der Waals surface area contributed by atoms with Crippen LogP contribution in [0.3, 0.4) is 0 Å². The van der Waals surface area contributed by atoms with Crippen molar-refractivity contribution in [1.82, 2.24) is 0 Å². The molecule has 1 N–H and O–H groups in total. The van der Waals surface area contributed by atoms with Crippen LogP contribution in [-0.2, 0) is 9.53 Å². The Hall–Kier alpha value is -0.900. The van der Waals surface area contributed by atoms with E-state index in [9.17, 15) is 4.79 Å². The molecule has 4 heteroatoms. The third-order valence-electron chi connectivity index (χ3n) is 2.66. The Morgan fingerprint density at radius 3 is 2.82 bits per heavy atom. The Morgan fingerprint density at radius 1 is 1.65 bits per heavy atom. The predicted octanol–water partition coefficient (Wildman–Crippen LogP) is 3.08. The zero-order chi connectivity index (χ0) is 12.9. The molecule has 1 atom stereocenters. The van der Waals surface area contributed by atoms with E-state index in [1.54, 1.807) is 18.9 Å². The molecule has 0 aromatic carbocycles. The van der Waals surface area contributed by atoms with Crippen LogP contribution in [0.25, 0.3) is 0 Å². The first-order valence-electron chi connectivity index (χ1n) is 5.71. The van der Waals surface area contributed by atoms with Crippen molar-refractivity contribution in [3.05, 3.63) is 24.0 Å². The molecule has 1 aliphatic carbocycles. The average Bonchev–Trinajstić information content (AvgIpc) is 2.25. The fourth-order valence-corrected chi connectivity index (χ4v) is 2.81. The molecule has 1 unspecified atom stereocenters. The largest absolute Gasteiger partial charge is 0.497 e. The molecule has 0 aliphatic heterocycles. The fourth-order valence-electron chi connectivity index (χ4n) is 1.67. The van der Waals surface area contributed by atoms with E-state index in [2.05, 4.69) is 12.2 Å². The van der Waals surface area contributed by atoms with Gasteiger partial charge < -0.3 is 9.84 Å². The van der Waals surface area contributed by atoms with E-state index in [4.69, 9.17) is 9.84 Å². The van der Waals surface area contributed by atoms with Crippen LogP contribution in [0.1, 0.15) is 26.7 Å². The Labute approximate surface area is 107 Å². The highest BCUT2D eigenvalue weighted by Crippen LogP contribution is 2.32. The lowest BCUT2D eigenvalue weighted by molar-refractivity contribution is -0.137. The first-order valence-corrected chi connectivity index (χ1v) is 6.69. The number of rotatable bonds is 6. The highest BCUT2D eigenvalue weighted by atomic mass is 32.2. The van der Waals surface area contributed by atoms with Crippen LogP contribution in [0.4, 0.5) is 0 Å². The monoisotopic (exact) mass is 256 g/mol. The molecule has 0 bridgehead atoms. The Morgan fingerprint density at radius 2 is 2.35 bits per heavy atom. The van der Waals surface area contributed by atoms with Crippen LogP contribution >= 0.6 is 11.8 Å². The van der Waals surface area contributed by atoms with Crippen molar-refractivity contribution in [1.29, 1.82) is 0 Å². The summed E-state index contributed by atoms with van der Waals surface area (Å²) in [7, 11) is 1.67. The first kappa shape index (κ1) is 14.2. The maximum Gasteiger partial charge on any atom is 0.304 e. The van der Waals surface area contributed by atoms with Gasteiger partial charge >= 0.3 is 5.97 Å². The quantitative estimate of drug-likeness (QED) is 0.793. The fraction of sp³-hybridized carbons (Fsp3) is 0.615. The summed E-state index contributed by atoms with van der Waals surface area (Å²) in [5.74, 6) is 1.61. The van der Waals surface area contributed by atoms with Crippen molar-refractivity contribution < 1.29 is 14.6 Å². The van der Waals surface area contributed by atoms with Gasteiger partial charge in [0.2, 0.25) is 0 Å². The number of methoxy groups -OCH3 is 1. The molecule has 0 aromatic heterocycles. The van der Waals surface area contributed by atoms with Crippen LogP contribution in [0.15, 0.2) is 24.0 Å². The summed E-state index contributed by atoms with van der Waals surface area (Å²) >= 11 is 1.72. The first-order chi connectivity index (χ1) is 7.93. The van der Waals surface area contributed by atoms with E-state index in [1.165, 1.54) is 0 Å². The van der Waals surface area contributed by atoms with Crippen molar-refractivity contribution >= 4 is 17.7 Å². The van der Waals surface area contributed by atoms with E-state index in [0.717, 1.165) is 17.9 Å². The van der Waals surface area contributed by atoms with E-state index in [0.29, 0.717) is 5.92 Å². The molecular formula is C13H20O3S.